The molecule has 0 radical (unpaired) electrons. The maximum Gasteiger partial charge on any atom is 0.145 e. The lowest BCUT2D eigenvalue weighted by molar-refractivity contribution is 0.220. The van der Waals surface area contributed by atoms with Crippen LogP contribution in [0.5, 0.6) is 0 Å². The Bertz CT molecular complexity index is 385. The zero-order chi connectivity index (χ0) is 10.4. The van der Waals surface area contributed by atoms with Crippen LogP contribution in [-0.2, 0) is 0 Å². The molecule has 2 aliphatic heterocycles. The van der Waals surface area contributed by atoms with E-state index in [4.69, 9.17) is 12.2 Å². The van der Waals surface area contributed by atoms with Crippen LogP contribution in [0.3, 0.4) is 0 Å². The van der Waals surface area contributed by atoms with Gasteiger partial charge in [-0.15, -0.1) is 5.53 Å². The molecule has 0 saturated carbocycles. The van der Waals surface area contributed by atoms with Crippen LogP contribution in [-0.4, -0.2) is 22.1 Å². The first kappa shape index (κ1) is 9.18. The molecule has 2 heterocycles. The summed E-state index contributed by atoms with van der Waals surface area (Å²) in [5.74, 6) is 1.04. The van der Waals surface area contributed by atoms with E-state index in [1.807, 2.05) is 23.3 Å². The summed E-state index contributed by atoms with van der Waals surface area (Å²) in [6, 6.07) is 0. The molecule has 5 heteroatoms. The third-order valence-corrected chi connectivity index (χ3v) is 3.45. The molecule has 80 valence electrons. The van der Waals surface area contributed by atoms with Crippen LogP contribution < -0.4 is 10.9 Å². The van der Waals surface area contributed by atoms with Gasteiger partial charge in [-0.1, -0.05) is 12.2 Å². The van der Waals surface area contributed by atoms with Crippen LogP contribution in [0.25, 0.3) is 0 Å². The number of hydrogen-bond donors (Lipinski definition) is 2. The molecule has 1 aliphatic carbocycles. The number of rotatable bonds is 0. The summed E-state index contributed by atoms with van der Waals surface area (Å²) in [6.45, 7) is 0. The fourth-order valence-electron chi connectivity index (χ4n) is 2.29. The van der Waals surface area contributed by atoms with Crippen molar-refractivity contribution in [1.82, 2.24) is 20.9 Å². The van der Waals surface area contributed by atoms with Crippen LogP contribution in [0.2, 0.25) is 0 Å². The lowest BCUT2D eigenvalue weighted by atomic mass is 9.94. The highest BCUT2D eigenvalue weighted by Crippen LogP contribution is 2.31. The molecule has 15 heavy (non-hydrogen) atoms. The van der Waals surface area contributed by atoms with E-state index in [-0.39, 0.29) is 0 Å². The highest BCUT2D eigenvalue weighted by atomic mass is 32.1. The molecule has 0 unspecified atom stereocenters. The van der Waals surface area contributed by atoms with Crippen molar-refractivity contribution >= 4 is 17.2 Å². The fourth-order valence-corrected chi connectivity index (χ4v) is 2.66. The number of nitrogens with zero attached hydrogens (tertiary/aromatic N) is 2. The molecule has 2 N–H and O–H groups in total. The predicted octanol–water partition coefficient (Wildman–Crippen LogP) is 1.21. The van der Waals surface area contributed by atoms with Gasteiger partial charge in [-0.25, -0.2) is 5.01 Å². The van der Waals surface area contributed by atoms with E-state index in [0.29, 0.717) is 0 Å². The number of thiocarbonyl (C=S) groups is 1. The zero-order valence-electron chi connectivity index (χ0n) is 8.71. The van der Waals surface area contributed by atoms with E-state index < -0.39 is 0 Å². The number of hydrogen-bond acceptors (Lipinski definition) is 4. The molecule has 0 fully saturated rings. The van der Waals surface area contributed by atoms with E-state index in [1.165, 1.54) is 24.1 Å². The zero-order valence-corrected chi connectivity index (χ0v) is 9.52. The van der Waals surface area contributed by atoms with Crippen molar-refractivity contribution in [3.63, 3.8) is 0 Å². The Balaban J connectivity index is 1.98. The molecule has 0 atom stereocenters. The van der Waals surface area contributed by atoms with Crippen molar-refractivity contribution in [2.24, 2.45) is 0 Å². The molecular formula is C10H14N4S. The highest BCUT2D eigenvalue weighted by molar-refractivity contribution is 7.80. The van der Waals surface area contributed by atoms with Crippen LogP contribution in [0.1, 0.15) is 25.7 Å². The summed E-state index contributed by atoms with van der Waals surface area (Å²) in [5.41, 5.74) is 5.82. The van der Waals surface area contributed by atoms with Gasteiger partial charge in [-0.2, -0.15) is 0 Å². The van der Waals surface area contributed by atoms with Gasteiger partial charge in [0.25, 0.3) is 0 Å². The SMILES string of the molecule is CN1C=C2NC3=C(CCCC3)C(=S)N2N1. The van der Waals surface area contributed by atoms with Gasteiger partial charge in [0.05, 0.1) is 6.20 Å². The first-order chi connectivity index (χ1) is 7.25. The van der Waals surface area contributed by atoms with Gasteiger partial charge in [0.2, 0.25) is 0 Å². The third kappa shape index (κ3) is 1.34. The van der Waals surface area contributed by atoms with Gasteiger partial charge in [0.15, 0.2) is 0 Å². The highest BCUT2D eigenvalue weighted by Gasteiger charge is 2.32. The van der Waals surface area contributed by atoms with Gasteiger partial charge in [-0.05, 0) is 25.7 Å². The van der Waals surface area contributed by atoms with E-state index in [1.54, 1.807) is 0 Å². The minimum absolute atomic E-state index is 0.930. The monoisotopic (exact) mass is 222 g/mol. The molecule has 0 spiro atoms. The summed E-state index contributed by atoms with van der Waals surface area (Å²) in [6.07, 6.45) is 6.78. The quantitative estimate of drug-likeness (QED) is 0.602. The second-order valence-corrected chi connectivity index (χ2v) is 4.54. The largest absolute Gasteiger partial charge is 0.342 e. The van der Waals surface area contributed by atoms with E-state index in [9.17, 15) is 0 Å². The maximum atomic E-state index is 5.49. The molecule has 0 bridgehead atoms. The Morgan fingerprint density at radius 1 is 1.33 bits per heavy atom. The van der Waals surface area contributed by atoms with Gasteiger partial charge >= 0.3 is 0 Å². The Morgan fingerprint density at radius 3 is 3.00 bits per heavy atom. The van der Waals surface area contributed by atoms with E-state index in [2.05, 4.69) is 10.9 Å². The molecule has 0 aromatic heterocycles. The number of nitrogens with one attached hydrogen (secondary N) is 2. The second kappa shape index (κ2) is 3.21. The van der Waals surface area contributed by atoms with Crippen molar-refractivity contribution in [2.45, 2.75) is 25.7 Å². The molecule has 3 rings (SSSR count). The summed E-state index contributed by atoms with van der Waals surface area (Å²) < 4.78 is 0. The Morgan fingerprint density at radius 2 is 2.13 bits per heavy atom. The molecular weight excluding hydrogens is 208 g/mol. The van der Waals surface area contributed by atoms with Crippen LogP contribution in [0, 0.1) is 0 Å². The van der Waals surface area contributed by atoms with Gasteiger partial charge < -0.3 is 5.32 Å². The first-order valence-corrected chi connectivity index (χ1v) is 5.71. The first-order valence-electron chi connectivity index (χ1n) is 5.30. The summed E-state index contributed by atoms with van der Waals surface area (Å²) >= 11 is 5.49. The molecule has 0 saturated heterocycles. The summed E-state index contributed by atoms with van der Waals surface area (Å²) in [7, 11) is 1.97. The normalized spacial score (nSPS) is 24.9. The Hall–Kier alpha value is -1.07. The standard InChI is InChI=1S/C10H14N4S/c1-13-6-9-11-8-5-3-2-4-7(8)10(15)14(9)12-13/h6,11-12H,2-5H2,1H3. The minimum atomic E-state index is 0.930. The maximum absolute atomic E-state index is 5.49. The number of fused-ring (bicyclic) bond motifs is 1. The number of allylic oxidation sites excluding steroid dienone is 1. The fraction of sp³-hybridized carbons (Fsp3) is 0.500. The van der Waals surface area contributed by atoms with Crippen molar-refractivity contribution in [3.05, 3.63) is 23.3 Å². The number of hydrazine groups is 2. The Labute approximate surface area is 94.5 Å². The lowest BCUT2D eigenvalue weighted by Crippen LogP contribution is -2.48. The minimum Gasteiger partial charge on any atom is -0.342 e. The lowest BCUT2D eigenvalue weighted by Gasteiger charge is -2.34. The van der Waals surface area contributed by atoms with Gasteiger partial charge in [0.1, 0.15) is 10.8 Å². The van der Waals surface area contributed by atoms with Crippen molar-refractivity contribution in [2.75, 3.05) is 7.05 Å². The van der Waals surface area contributed by atoms with Crippen molar-refractivity contribution in [3.8, 4) is 0 Å². The average molecular weight is 222 g/mol. The summed E-state index contributed by atoms with van der Waals surface area (Å²) in [4.78, 5) is 0.930. The van der Waals surface area contributed by atoms with Crippen LogP contribution in [0.15, 0.2) is 23.3 Å². The average Bonchev–Trinajstić information content (AvgIpc) is 2.59. The third-order valence-electron chi connectivity index (χ3n) is 3.02. The van der Waals surface area contributed by atoms with Crippen LogP contribution in [0.4, 0.5) is 0 Å². The molecule has 3 aliphatic rings. The van der Waals surface area contributed by atoms with E-state index in [0.717, 1.165) is 23.7 Å². The topological polar surface area (TPSA) is 30.5 Å². The summed E-state index contributed by atoms with van der Waals surface area (Å²) in [5, 5.41) is 7.31. The van der Waals surface area contributed by atoms with E-state index >= 15 is 0 Å². The smallest absolute Gasteiger partial charge is 0.145 e. The van der Waals surface area contributed by atoms with Crippen molar-refractivity contribution < 1.29 is 0 Å². The molecule has 4 nitrogen and oxygen atoms in total. The molecule has 0 aromatic carbocycles. The molecule has 0 amide bonds. The van der Waals surface area contributed by atoms with Crippen molar-refractivity contribution in [1.29, 1.82) is 0 Å². The van der Waals surface area contributed by atoms with Gasteiger partial charge in [-0.3, -0.25) is 5.01 Å². The van der Waals surface area contributed by atoms with Gasteiger partial charge in [0, 0.05) is 18.3 Å². The Kier molecular flexibility index (Phi) is 1.97. The predicted molar refractivity (Wildman–Crippen MR) is 62.0 cm³/mol. The second-order valence-electron chi connectivity index (χ2n) is 4.16. The molecule has 0 aromatic rings. The van der Waals surface area contributed by atoms with Crippen LogP contribution >= 0.6 is 12.2 Å².